The first-order valence-electron chi connectivity index (χ1n) is 10.9. The average molecular weight is 449 g/mol. The Morgan fingerprint density at radius 1 is 0.969 bits per heavy atom. The molecule has 1 atom stereocenters. The van der Waals surface area contributed by atoms with E-state index in [4.69, 9.17) is 0 Å². The first kappa shape index (κ1) is 22.2. The SMILES string of the molecule is CC(=O)N1c2ccc(S(=O)(=O)N(CCc3ccccc3)Cc3ccccc3)cc2C[C@@H]1C. The predicted octanol–water partition coefficient (Wildman–Crippen LogP) is 4.42. The fourth-order valence-corrected chi connectivity index (χ4v) is 5.85. The van der Waals surface area contributed by atoms with Crippen molar-refractivity contribution in [1.82, 2.24) is 4.31 Å². The number of hydrogen-bond acceptors (Lipinski definition) is 3. The molecule has 0 spiro atoms. The van der Waals surface area contributed by atoms with Crippen LogP contribution in [0, 0.1) is 0 Å². The molecule has 3 aromatic rings. The Morgan fingerprint density at radius 2 is 1.59 bits per heavy atom. The van der Waals surface area contributed by atoms with Gasteiger partial charge in [-0.15, -0.1) is 0 Å². The maximum absolute atomic E-state index is 13.7. The molecule has 0 radical (unpaired) electrons. The summed E-state index contributed by atoms with van der Waals surface area (Å²) in [6.45, 7) is 4.22. The van der Waals surface area contributed by atoms with Crippen LogP contribution in [0.3, 0.4) is 0 Å². The summed E-state index contributed by atoms with van der Waals surface area (Å²) in [4.78, 5) is 14.0. The third-order valence-electron chi connectivity index (χ3n) is 5.94. The molecule has 1 aliphatic heterocycles. The van der Waals surface area contributed by atoms with E-state index in [1.165, 1.54) is 0 Å². The van der Waals surface area contributed by atoms with Crippen LogP contribution in [0.1, 0.15) is 30.5 Å². The van der Waals surface area contributed by atoms with Gasteiger partial charge in [0.15, 0.2) is 0 Å². The lowest BCUT2D eigenvalue weighted by Crippen LogP contribution is -2.33. The second kappa shape index (κ2) is 9.27. The number of amides is 1. The smallest absolute Gasteiger partial charge is 0.243 e. The van der Waals surface area contributed by atoms with Gasteiger partial charge in [-0.3, -0.25) is 4.79 Å². The van der Waals surface area contributed by atoms with E-state index in [1.54, 1.807) is 34.3 Å². The highest BCUT2D eigenvalue weighted by Gasteiger charge is 2.32. The number of anilines is 1. The summed E-state index contributed by atoms with van der Waals surface area (Å²) in [5.74, 6) is -0.0274. The van der Waals surface area contributed by atoms with Crippen molar-refractivity contribution in [2.24, 2.45) is 0 Å². The molecule has 0 bridgehead atoms. The minimum absolute atomic E-state index is 0.0268. The Kier molecular flexibility index (Phi) is 6.44. The van der Waals surface area contributed by atoms with E-state index in [9.17, 15) is 13.2 Å². The van der Waals surface area contributed by atoms with Crippen LogP contribution in [0.5, 0.6) is 0 Å². The Balaban J connectivity index is 1.65. The largest absolute Gasteiger partial charge is 0.309 e. The molecule has 1 heterocycles. The fraction of sp³-hybridized carbons (Fsp3) is 0.269. The zero-order valence-corrected chi connectivity index (χ0v) is 19.3. The zero-order chi connectivity index (χ0) is 22.7. The quantitative estimate of drug-likeness (QED) is 0.538. The van der Waals surface area contributed by atoms with E-state index in [1.807, 2.05) is 67.6 Å². The lowest BCUT2D eigenvalue weighted by Gasteiger charge is -2.23. The van der Waals surface area contributed by atoms with Crippen molar-refractivity contribution in [3.05, 3.63) is 95.6 Å². The van der Waals surface area contributed by atoms with Gasteiger partial charge in [0.25, 0.3) is 0 Å². The van der Waals surface area contributed by atoms with E-state index in [0.717, 1.165) is 22.4 Å². The molecule has 0 saturated heterocycles. The first-order valence-corrected chi connectivity index (χ1v) is 12.3. The van der Waals surface area contributed by atoms with Crippen LogP contribution in [0.15, 0.2) is 83.8 Å². The Hall–Kier alpha value is -2.96. The molecule has 0 aliphatic carbocycles. The van der Waals surface area contributed by atoms with Crippen LogP contribution in [0.2, 0.25) is 0 Å². The minimum Gasteiger partial charge on any atom is -0.309 e. The molecule has 1 amide bonds. The van der Waals surface area contributed by atoms with E-state index in [0.29, 0.717) is 25.9 Å². The monoisotopic (exact) mass is 448 g/mol. The first-order chi connectivity index (χ1) is 15.4. The number of benzene rings is 3. The lowest BCUT2D eigenvalue weighted by atomic mass is 10.1. The standard InChI is InChI=1S/C26H28N2O3S/c1-20-17-24-18-25(13-14-26(24)28(20)21(2)29)32(30,31)27(19-23-11-7-4-8-12-23)16-15-22-9-5-3-6-10-22/h3-14,18,20H,15-17,19H2,1-2H3/t20-/m0/s1. The average Bonchev–Trinajstić information content (AvgIpc) is 3.13. The Labute approximate surface area is 190 Å². The third kappa shape index (κ3) is 4.61. The zero-order valence-electron chi connectivity index (χ0n) is 18.4. The Bertz CT molecular complexity index is 1190. The van der Waals surface area contributed by atoms with Crippen LogP contribution in [0.4, 0.5) is 5.69 Å². The summed E-state index contributed by atoms with van der Waals surface area (Å²) >= 11 is 0. The number of fused-ring (bicyclic) bond motifs is 1. The van der Waals surface area contributed by atoms with Crippen molar-refractivity contribution >= 4 is 21.6 Å². The van der Waals surface area contributed by atoms with Crippen molar-refractivity contribution < 1.29 is 13.2 Å². The summed E-state index contributed by atoms with van der Waals surface area (Å²) in [6, 6.07) is 24.7. The summed E-state index contributed by atoms with van der Waals surface area (Å²) in [5.41, 5.74) is 3.75. The van der Waals surface area contributed by atoms with Gasteiger partial charge in [-0.05, 0) is 54.7 Å². The van der Waals surface area contributed by atoms with Crippen LogP contribution >= 0.6 is 0 Å². The van der Waals surface area contributed by atoms with Crippen LogP contribution in [-0.4, -0.2) is 31.2 Å². The number of carbonyl (C=O) groups is 1. The lowest BCUT2D eigenvalue weighted by molar-refractivity contribution is -0.116. The topological polar surface area (TPSA) is 57.7 Å². The third-order valence-corrected chi connectivity index (χ3v) is 7.78. The molecule has 0 N–H and O–H groups in total. The van der Waals surface area contributed by atoms with Gasteiger partial charge in [0, 0.05) is 31.7 Å². The molecule has 3 aromatic carbocycles. The van der Waals surface area contributed by atoms with Gasteiger partial charge >= 0.3 is 0 Å². The highest BCUT2D eigenvalue weighted by atomic mass is 32.2. The number of rotatable bonds is 7. The second-order valence-electron chi connectivity index (χ2n) is 8.29. The van der Waals surface area contributed by atoms with Crippen molar-refractivity contribution in [3.8, 4) is 0 Å². The van der Waals surface area contributed by atoms with E-state index in [-0.39, 0.29) is 16.8 Å². The highest BCUT2D eigenvalue weighted by Crippen LogP contribution is 2.34. The molecular weight excluding hydrogens is 420 g/mol. The van der Waals surface area contributed by atoms with Crippen molar-refractivity contribution in [3.63, 3.8) is 0 Å². The number of carbonyl (C=O) groups excluding carboxylic acids is 1. The molecule has 32 heavy (non-hydrogen) atoms. The molecule has 0 unspecified atom stereocenters. The highest BCUT2D eigenvalue weighted by molar-refractivity contribution is 7.89. The van der Waals surface area contributed by atoms with Crippen LogP contribution in [-0.2, 0) is 34.2 Å². The molecular formula is C26H28N2O3S. The normalized spacial score (nSPS) is 15.7. The summed E-state index contributed by atoms with van der Waals surface area (Å²) < 4.78 is 29.0. The van der Waals surface area contributed by atoms with Gasteiger partial charge in [-0.2, -0.15) is 4.31 Å². The molecule has 0 saturated carbocycles. The van der Waals surface area contributed by atoms with Crippen LogP contribution in [0.25, 0.3) is 0 Å². The summed E-state index contributed by atoms with van der Waals surface area (Å²) in [6.07, 6.45) is 1.29. The van der Waals surface area contributed by atoms with Gasteiger partial charge in [0.05, 0.1) is 4.90 Å². The number of hydrogen-bond donors (Lipinski definition) is 0. The Morgan fingerprint density at radius 3 is 2.22 bits per heavy atom. The van der Waals surface area contributed by atoms with Crippen molar-refractivity contribution in [2.45, 2.75) is 44.2 Å². The summed E-state index contributed by atoms with van der Waals surface area (Å²) in [5, 5.41) is 0. The molecule has 1 aliphatic rings. The molecule has 5 nitrogen and oxygen atoms in total. The van der Waals surface area contributed by atoms with E-state index in [2.05, 4.69) is 0 Å². The molecule has 4 rings (SSSR count). The van der Waals surface area contributed by atoms with Crippen molar-refractivity contribution in [1.29, 1.82) is 0 Å². The van der Waals surface area contributed by atoms with Gasteiger partial charge in [0.1, 0.15) is 0 Å². The second-order valence-corrected chi connectivity index (χ2v) is 10.2. The van der Waals surface area contributed by atoms with Gasteiger partial charge in [0.2, 0.25) is 15.9 Å². The molecule has 166 valence electrons. The molecule has 0 aromatic heterocycles. The fourth-order valence-electron chi connectivity index (χ4n) is 4.37. The van der Waals surface area contributed by atoms with Gasteiger partial charge in [-0.25, -0.2) is 8.42 Å². The number of sulfonamides is 1. The van der Waals surface area contributed by atoms with Gasteiger partial charge < -0.3 is 4.90 Å². The molecule has 0 fully saturated rings. The molecule has 6 heteroatoms. The summed E-state index contributed by atoms with van der Waals surface area (Å²) in [7, 11) is -3.72. The maximum Gasteiger partial charge on any atom is 0.243 e. The van der Waals surface area contributed by atoms with Crippen molar-refractivity contribution in [2.75, 3.05) is 11.4 Å². The van der Waals surface area contributed by atoms with E-state index >= 15 is 0 Å². The predicted molar refractivity (Wildman–Crippen MR) is 127 cm³/mol. The maximum atomic E-state index is 13.7. The van der Waals surface area contributed by atoms with Crippen LogP contribution < -0.4 is 4.90 Å². The van der Waals surface area contributed by atoms with Gasteiger partial charge in [-0.1, -0.05) is 60.7 Å². The van der Waals surface area contributed by atoms with E-state index < -0.39 is 10.0 Å². The number of nitrogens with zero attached hydrogens (tertiary/aromatic N) is 2. The minimum atomic E-state index is -3.72.